The van der Waals surface area contributed by atoms with Crippen molar-refractivity contribution < 1.29 is 27.5 Å². The molecule has 1 amide bonds. The van der Waals surface area contributed by atoms with Crippen LogP contribution in [0.4, 0.5) is 23.4 Å². The molecule has 0 spiro atoms. The number of alkyl halides is 3. The van der Waals surface area contributed by atoms with Gasteiger partial charge in [-0.25, -0.2) is 9.37 Å². The summed E-state index contributed by atoms with van der Waals surface area (Å²) < 4.78 is 50.8. The van der Waals surface area contributed by atoms with E-state index in [1.807, 2.05) is 0 Å². The standard InChI is InChI=1S/C13H13F4N3O2/c1-8(11(21)19-10-3-2-9(14)6-18-10)20-5-4-12(22,7-20)13(15,16)17/h2-3,6,22H,1,4-5,7H2,(H,18,19,21)/t12-/m0/s1. The van der Waals surface area contributed by atoms with E-state index in [1.54, 1.807) is 0 Å². The number of amides is 1. The molecular formula is C13H13F4N3O2. The summed E-state index contributed by atoms with van der Waals surface area (Å²) in [5.41, 5.74) is -3.09. The quantitative estimate of drug-likeness (QED) is 0.657. The van der Waals surface area contributed by atoms with Crippen LogP contribution in [0.15, 0.2) is 30.6 Å². The zero-order valence-electron chi connectivity index (χ0n) is 11.3. The van der Waals surface area contributed by atoms with Crippen molar-refractivity contribution in [2.45, 2.75) is 18.2 Å². The second kappa shape index (κ2) is 5.56. The summed E-state index contributed by atoms with van der Waals surface area (Å²) in [7, 11) is 0. The molecule has 0 bridgehead atoms. The summed E-state index contributed by atoms with van der Waals surface area (Å²) in [4.78, 5) is 16.5. The predicted molar refractivity (Wildman–Crippen MR) is 69.2 cm³/mol. The largest absolute Gasteiger partial charge is 0.418 e. The number of carbonyl (C=O) groups is 1. The molecule has 1 aliphatic rings. The normalized spacial score (nSPS) is 21.8. The molecule has 2 N–H and O–H groups in total. The molecule has 0 saturated carbocycles. The number of β-amino-alcohol motifs (C(OH)–C–C–N with tert-alkyl or cyclic N) is 1. The molecule has 2 rings (SSSR count). The van der Waals surface area contributed by atoms with Crippen molar-refractivity contribution in [2.75, 3.05) is 18.4 Å². The molecule has 22 heavy (non-hydrogen) atoms. The number of aromatic nitrogens is 1. The van der Waals surface area contributed by atoms with Crippen molar-refractivity contribution in [3.8, 4) is 0 Å². The van der Waals surface area contributed by atoms with Crippen LogP contribution in [0.1, 0.15) is 6.42 Å². The van der Waals surface area contributed by atoms with Crippen LogP contribution in [0, 0.1) is 5.82 Å². The first kappa shape index (κ1) is 16.2. The van der Waals surface area contributed by atoms with E-state index in [1.165, 1.54) is 6.07 Å². The van der Waals surface area contributed by atoms with E-state index in [0.29, 0.717) is 0 Å². The summed E-state index contributed by atoms with van der Waals surface area (Å²) in [6.07, 6.45) is -4.44. The Morgan fingerprint density at radius 3 is 2.64 bits per heavy atom. The Morgan fingerprint density at radius 2 is 2.14 bits per heavy atom. The van der Waals surface area contributed by atoms with Gasteiger partial charge in [0.05, 0.1) is 18.4 Å². The average molecular weight is 319 g/mol. The third-order valence-corrected chi connectivity index (χ3v) is 3.39. The van der Waals surface area contributed by atoms with Gasteiger partial charge in [0, 0.05) is 13.0 Å². The molecule has 0 unspecified atom stereocenters. The van der Waals surface area contributed by atoms with Crippen molar-refractivity contribution in [3.63, 3.8) is 0 Å². The number of halogens is 4. The number of hydrogen-bond donors (Lipinski definition) is 2. The molecule has 0 radical (unpaired) electrons. The van der Waals surface area contributed by atoms with Crippen molar-refractivity contribution >= 4 is 11.7 Å². The number of pyridine rings is 1. The number of nitrogens with zero attached hydrogens (tertiary/aromatic N) is 2. The van der Waals surface area contributed by atoms with Crippen molar-refractivity contribution in [1.29, 1.82) is 0 Å². The number of anilines is 1. The number of hydrogen-bond acceptors (Lipinski definition) is 4. The molecule has 1 aliphatic heterocycles. The van der Waals surface area contributed by atoms with Crippen LogP contribution in [0.5, 0.6) is 0 Å². The third kappa shape index (κ3) is 3.19. The van der Waals surface area contributed by atoms with Gasteiger partial charge in [-0.05, 0) is 12.1 Å². The van der Waals surface area contributed by atoms with E-state index >= 15 is 0 Å². The van der Waals surface area contributed by atoms with Gasteiger partial charge >= 0.3 is 6.18 Å². The van der Waals surface area contributed by atoms with Gasteiger partial charge in [-0.15, -0.1) is 0 Å². The van der Waals surface area contributed by atoms with Crippen molar-refractivity contribution in [2.24, 2.45) is 0 Å². The van der Waals surface area contributed by atoms with Crippen LogP contribution in [-0.4, -0.2) is 45.8 Å². The Kier molecular flexibility index (Phi) is 4.10. The minimum absolute atomic E-state index is 0.0397. The number of carbonyl (C=O) groups excluding carboxylic acids is 1. The smallest absolute Gasteiger partial charge is 0.379 e. The van der Waals surface area contributed by atoms with Gasteiger partial charge in [0.15, 0.2) is 5.60 Å². The molecule has 0 aromatic carbocycles. The summed E-state index contributed by atoms with van der Waals surface area (Å²) in [5.74, 6) is -1.32. The molecule has 1 atom stereocenters. The third-order valence-electron chi connectivity index (χ3n) is 3.39. The Balaban J connectivity index is 2.00. The lowest BCUT2D eigenvalue weighted by Gasteiger charge is -2.27. The summed E-state index contributed by atoms with van der Waals surface area (Å²) in [5, 5.41) is 11.8. The molecule has 1 fully saturated rings. The number of rotatable bonds is 3. The lowest BCUT2D eigenvalue weighted by Crippen LogP contribution is -2.47. The van der Waals surface area contributed by atoms with Gasteiger partial charge < -0.3 is 15.3 Å². The maximum absolute atomic E-state index is 12.7. The first-order valence-electron chi connectivity index (χ1n) is 6.28. The van der Waals surface area contributed by atoms with Crippen LogP contribution in [0.25, 0.3) is 0 Å². The highest BCUT2D eigenvalue weighted by molar-refractivity contribution is 6.02. The Bertz CT molecular complexity index is 588. The molecule has 1 aromatic rings. The molecule has 9 heteroatoms. The fourth-order valence-corrected chi connectivity index (χ4v) is 2.04. The van der Waals surface area contributed by atoms with E-state index in [9.17, 15) is 27.5 Å². The topological polar surface area (TPSA) is 65.5 Å². The monoisotopic (exact) mass is 319 g/mol. The molecular weight excluding hydrogens is 306 g/mol. The zero-order valence-corrected chi connectivity index (χ0v) is 11.3. The van der Waals surface area contributed by atoms with E-state index in [-0.39, 0.29) is 18.1 Å². The van der Waals surface area contributed by atoms with E-state index in [4.69, 9.17) is 0 Å². The molecule has 120 valence electrons. The number of nitrogens with one attached hydrogen (secondary N) is 1. The van der Waals surface area contributed by atoms with Crippen molar-refractivity contribution in [3.05, 3.63) is 36.4 Å². The SMILES string of the molecule is C=C(C(=O)Nc1ccc(F)cn1)N1CC[C@@](O)(C(F)(F)F)C1. The Hall–Kier alpha value is -2.16. The second-order valence-corrected chi connectivity index (χ2v) is 4.96. The fourth-order valence-electron chi connectivity index (χ4n) is 2.04. The fraction of sp³-hybridized carbons (Fsp3) is 0.385. The lowest BCUT2D eigenvalue weighted by atomic mass is 10.0. The van der Waals surface area contributed by atoms with Gasteiger partial charge in [0.25, 0.3) is 5.91 Å². The second-order valence-electron chi connectivity index (χ2n) is 4.96. The van der Waals surface area contributed by atoms with Crippen LogP contribution < -0.4 is 5.32 Å². The molecule has 5 nitrogen and oxygen atoms in total. The van der Waals surface area contributed by atoms with Gasteiger partial charge in [-0.1, -0.05) is 6.58 Å². The maximum atomic E-state index is 12.7. The lowest BCUT2D eigenvalue weighted by molar-refractivity contribution is -0.253. The highest BCUT2D eigenvalue weighted by atomic mass is 19.4. The van der Waals surface area contributed by atoms with Gasteiger partial charge in [0.2, 0.25) is 0 Å². The van der Waals surface area contributed by atoms with Crippen LogP contribution in [-0.2, 0) is 4.79 Å². The first-order valence-corrected chi connectivity index (χ1v) is 6.28. The molecule has 1 saturated heterocycles. The minimum Gasteiger partial charge on any atom is -0.379 e. The minimum atomic E-state index is -4.78. The average Bonchev–Trinajstić information content (AvgIpc) is 2.84. The van der Waals surface area contributed by atoms with Crippen LogP contribution in [0.2, 0.25) is 0 Å². The molecule has 1 aromatic heterocycles. The molecule has 0 aliphatic carbocycles. The van der Waals surface area contributed by atoms with Crippen LogP contribution >= 0.6 is 0 Å². The van der Waals surface area contributed by atoms with Crippen LogP contribution in [0.3, 0.4) is 0 Å². The molecule has 2 heterocycles. The summed E-state index contributed by atoms with van der Waals surface area (Å²) >= 11 is 0. The van der Waals surface area contributed by atoms with E-state index in [2.05, 4.69) is 16.9 Å². The Morgan fingerprint density at radius 1 is 1.45 bits per heavy atom. The highest BCUT2D eigenvalue weighted by Crippen LogP contribution is 2.38. The summed E-state index contributed by atoms with van der Waals surface area (Å²) in [6, 6.07) is 2.28. The van der Waals surface area contributed by atoms with Gasteiger partial charge in [0.1, 0.15) is 11.6 Å². The van der Waals surface area contributed by atoms with Gasteiger partial charge in [-0.2, -0.15) is 13.2 Å². The highest BCUT2D eigenvalue weighted by Gasteiger charge is 2.57. The maximum Gasteiger partial charge on any atom is 0.418 e. The number of aliphatic hydroxyl groups is 1. The Labute approximate surface area is 123 Å². The van der Waals surface area contributed by atoms with E-state index < -0.39 is 36.5 Å². The van der Waals surface area contributed by atoms with Crippen molar-refractivity contribution in [1.82, 2.24) is 9.88 Å². The number of likely N-dealkylation sites (tertiary alicyclic amines) is 1. The zero-order chi connectivity index (χ0) is 16.5. The predicted octanol–water partition coefficient (Wildman–Crippen LogP) is 1.67. The first-order chi connectivity index (χ1) is 10.1. The van der Waals surface area contributed by atoms with Gasteiger partial charge in [-0.3, -0.25) is 4.79 Å². The van der Waals surface area contributed by atoms with E-state index in [0.717, 1.165) is 17.2 Å². The summed E-state index contributed by atoms with van der Waals surface area (Å²) in [6.45, 7) is 2.51.